The van der Waals surface area contributed by atoms with E-state index in [0.29, 0.717) is 0 Å². The molecule has 0 fully saturated rings. The van der Waals surface area contributed by atoms with Gasteiger partial charge in [0.1, 0.15) is 0 Å². The molecule has 0 saturated carbocycles. The zero-order chi connectivity index (χ0) is 52.1. The van der Waals surface area contributed by atoms with Crippen LogP contribution in [0, 0.1) is 20.8 Å². The van der Waals surface area contributed by atoms with Crippen LogP contribution in [0.2, 0.25) is 0 Å². The Morgan fingerprint density at radius 1 is 0.466 bits per heavy atom. The monoisotopic (exact) mass is 981 g/mol. The van der Waals surface area contributed by atoms with Gasteiger partial charge in [0, 0.05) is 43.3 Å². The van der Waals surface area contributed by atoms with E-state index in [-0.39, 0.29) is 44.6 Å². The maximum atomic E-state index is 2.79. The molecular weight excluding hydrogens is 900 g/mol. The first-order chi connectivity index (χ1) is 34.0. The van der Waals surface area contributed by atoms with Crippen LogP contribution in [0.3, 0.4) is 0 Å². The number of rotatable bonds is 3. The maximum Gasteiger partial charge on any atom is 0.264 e. The molecule has 0 radical (unpaired) electrons. The van der Waals surface area contributed by atoms with E-state index in [2.05, 4.69) is 237 Å². The molecule has 6 aromatic carbocycles. The number of nitrogens with zero attached hydrogens (tertiary/aromatic N) is 2. The predicted octanol–water partition coefficient (Wildman–Crippen LogP) is 17.9. The molecule has 0 atom stereocenters. The topological polar surface area (TPSA) is 6.48 Å². The molecule has 0 saturated heterocycles. The maximum absolute atomic E-state index is 2.79. The first kappa shape index (κ1) is 48.9. The minimum Gasteiger partial charge on any atom is -0.311 e. The largest absolute Gasteiger partial charge is 0.311 e. The van der Waals surface area contributed by atoms with Crippen molar-refractivity contribution in [1.29, 1.82) is 0 Å². The van der Waals surface area contributed by atoms with E-state index in [1.807, 2.05) is 0 Å². The van der Waals surface area contributed by atoms with Gasteiger partial charge in [-0.25, -0.2) is 0 Å². The molecule has 7 aromatic rings. The summed E-state index contributed by atoms with van der Waals surface area (Å²) in [5, 5.41) is 1.41. The summed E-state index contributed by atoms with van der Waals surface area (Å²) in [6, 6.07) is 38.1. The fourth-order valence-electron chi connectivity index (χ4n) is 14.8. The lowest BCUT2D eigenvalue weighted by Crippen LogP contribution is -2.61. The van der Waals surface area contributed by atoms with Gasteiger partial charge >= 0.3 is 0 Å². The number of thiophene rings is 1. The normalized spacial score (nSPS) is 20.2. The van der Waals surface area contributed by atoms with Crippen LogP contribution in [0.15, 0.2) is 91.0 Å². The number of aryl methyl sites for hydroxylation is 3. The van der Waals surface area contributed by atoms with Crippen molar-refractivity contribution in [3.8, 4) is 11.1 Å². The second-order valence-electron chi connectivity index (χ2n) is 28.8. The van der Waals surface area contributed by atoms with Gasteiger partial charge < -0.3 is 9.80 Å². The van der Waals surface area contributed by atoms with Crippen LogP contribution in [-0.2, 0) is 37.9 Å². The summed E-state index contributed by atoms with van der Waals surface area (Å²) in [4.78, 5) is 5.49. The number of anilines is 6. The molecule has 0 N–H and O–H groups in total. The molecule has 2 aliphatic heterocycles. The van der Waals surface area contributed by atoms with Gasteiger partial charge in [-0.1, -0.05) is 146 Å². The van der Waals surface area contributed by atoms with Gasteiger partial charge in [0.25, 0.3) is 6.71 Å². The van der Waals surface area contributed by atoms with Crippen LogP contribution in [0.25, 0.3) is 21.2 Å². The van der Waals surface area contributed by atoms with Gasteiger partial charge in [0.05, 0.1) is 5.69 Å². The number of benzene rings is 6. The van der Waals surface area contributed by atoms with E-state index in [1.54, 1.807) is 0 Å². The van der Waals surface area contributed by atoms with Crippen LogP contribution in [0.4, 0.5) is 34.1 Å². The van der Waals surface area contributed by atoms with E-state index in [1.165, 1.54) is 165 Å². The molecule has 12 rings (SSSR count). The number of hydrogen-bond donors (Lipinski definition) is 0. The van der Waals surface area contributed by atoms with E-state index < -0.39 is 0 Å². The van der Waals surface area contributed by atoms with E-state index in [4.69, 9.17) is 0 Å². The van der Waals surface area contributed by atoms with E-state index in [0.717, 1.165) is 0 Å². The first-order valence-electron chi connectivity index (χ1n) is 27.9. The third-order valence-electron chi connectivity index (χ3n) is 19.7. The number of fused-ring (bicyclic) bond motifs is 9. The van der Waals surface area contributed by atoms with Gasteiger partial charge in [-0.05, 0) is 224 Å². The molecule has 0 unspecified atom stereocenters. The summed E-state index contributed by atoms with van der Waals surface area (Å²) in [7, 11) is 0. The highest BCUT2D eigenvalue weighted by Gasteiger charge is 2.49. The predicted molar refractivity (Wildman–Crippen MR) is 320 cm³/mol. The van der Waals surface area contributed by atoms with Crippen LogP contribution in [-0.4, -0.2) is 6.71 Å². The van der Waals surface area contributed by atoms with Crippen LogP contribution < -0.4 is 25.5 Å². The average Bonchev–Trinajstić information content (AvgIpc) is 3.68. The Balaban J connectivity index is 1.27. The van der Waals surface area contributed by atoms with Gasteiger partial charge in [-0.3, -0.25) is 0 Å². The Hall–Kier alpha value is -5.06. The van der Waals surface area contributed by atoms with Crippen molar-refractivity contribution in [3.05, 3.63) is 147 Å². The van der Waals surface area contributed by atoms with Gasteiger partial charge in [-0.2, -0.15) is 0 Å². The van der Waals surface area contributed by atoms with Crippen molar-refractivity contribution >= 4 is 78.0 Å². The molecule has 73 heavy (non-hydrogen) atoms. The summed E-state index contributed by atoms with van der Waals surface area (Å²) in [6.07, 6.45) is 7.12. The lowest BCUT2D eigenvalue weighted by molar-refractivity contribution is 0.332. The van der Waals surface area contributed by atoms with Crippen LogP contribution >= 0.6 is 11.3 Å². The van der Waals surface area contributed by atoms with Crippen molar-refractivity contribution in [1.82, 2.24) is 0 Å². The minimum atomic E-state index is 0.0397. The highest BCUT2D eigenvalue weighted by atomic mass is 32.1. The molecule has 3 heterocycles. The standard InChI is InChI=1S/C69H81BN2S/c1-40-31-41(2)59(42(3)32-40)43-33-56-60-57(34-43)72(46-23-24-48-49(35-46)65(9,10)26-25-64(48,7)8)61-47-36-50-53(69(17,18)30-27-66(50,11)12)39-58(47)73-62(61)70(60)54-37-51-52(68(15,16)29-28-67(51,13)14)38-55(54)71(56)45-21-19-44(20-22-45)63(4,5)6/h19-24,31-39H,25-30H2,1-18H3. The Morgan fingerprint density at radius 2 is 0.932 bits per heavy atom. The van der Waals surface area contributed by atoms with E-state index in [9.17, 15) is 0 Å². The smallest absolute Gasteiger partial charge is 0.264 e. The Labute approximate surface area is 444 Å². The highest BCUT2D eigenvalue weighted by molar-refractivity contribution is 7.33. The van der Waals surface area contributed by atoms with Crippen LogP contribution in [0.1, 0.15) is 198 Å². The quantitative estimate of drug-likeness (QED) is 0.163. The Morgan fingerprint density at radius 3 is 1.48 bits per heavy atom. The van der Waals surface area contributed by atoms with Crippen molar-refractivity contribution in [3.63, 3.8) is 0 Å². The third kappa shape index (κ3) is 7.28. The van der Waals surface area contributed by atoms with Gasteiger partial charge in [0.2, 0.25) is 0 Å². The van der Waals surface area contributed by atoms with Crippen molar-refractivity contribution < 1.29 is 0 Å². The molecule has 2 nitrogen and oxygen atoms in total. The van der Waals surface area contributed by atoms with Gasteiger partial charge in [0.15, 0.2) is 0 Å². The van der Waals surface area contributed by atoms with Crippen molar-refractivity contribution in [2.45, 2.75) is 201 Å². The minimum absolute atomic E-state index is 0.0397. The third-order valence-corrected chi connectivity index (χ3v) is 20.9. The lowest BCUT2D eigenvalue weighted by Gasteiger charge is -2.47. The molecule has 0 amide bonds. The zero-order valence-electron chi connectivity index (χ0n) is 47.8. The first-order valence-corrected chi connectivity index (χ1v) is 28.7. The molecule has 3 aliphatic carbocycles. The fourth-order valence-corrected chi connectivity index (χ4v) is 16.1. The average molecular weight is 981 g/mol. The van der Waals surface area contributed by atoms with Crippen LogP contribution in [0.5, 0.6) is 0 Å². The molecule has 5 aliphatic rings. The summed E-state index contributed by atoms with van der Waals surface area (Å²) in [5.41, 5.74) is 28.3. The molecule has 0 bridgehead atoms. The number of hydrogen-bond acceptors (Lipinski definition) is 3. The molecule has 376 valence electrons. The molecule has 4 heteroatoms. The zero-order valence-corrected chi connectivity index (χ0v) is 48.6. The molecule has 0 spiro atoms. The summed E-state index contributed by atoms with van der Waals surface area (Å²) < 4.78 is 2.89. The fraction of sp³-hybridized carbons (Fsp3) is 0.449. The Kier molecular flexibility index (Phi) is 10.4. The Bertz CT molecular complexity index is 3470. The van der Waals surface area contributed by atoms with Crippen molar-refractivity contribution in [2.75, 3.05) is 9.80 Å². The second-order valence-corrected chi connectivity index (χ2v) is 29.9. The molecule has 1 aromatic heterocycles. The summed E-state index contributed by atoms with van der Waals surface area (Å²) >= 11 is 2.09. The van der Waals surface area contributed by atoms with E-state index >= 15 is 0 Å². The lowest BCUT2D eigenvalue weighted by atomic mass is 9.35. The second kappa shape index (κ2) is 15.5. The SMILES string of the molecule is Cc1cc(C)c(-c2cc3c4c(c2)N(c2ccc5c(c2)C(C)(C)CCC5(C)C)c2c(sc5cc6c(cc25)C(C)(C)CCC6(C)C)B4c2cc4c(cc2N3c2ccc(C(C)(C)C)cc2)C(C)(C)CCC4(C)C)c(C)c1. The van der Waals surface area contributed by atoms with Gasteiger partial charge in [-0.15, -0.1) is 11.3 Å². The summed E-state index contributed by atoms with van der Waals surface area (Å²) in [5.74, 6) is 0. The van der Waals surface area contributed by atoms with Crippen molar-refractivity contribution in [2.24, 2.45) is 0 Å². The summed E-state index contributed by atoms with van der Waals surface area (Å²) in [6.45, 7) is 43.9. The molecular formula is C69H81BN2S. The highest BCUT2D eigenvalue weighted by Crippen LogP contribution is 2.56.